The zero-order valence-electron chi connectivity index (χ0n) is 25.2. The Kier molecular flexibility index (Phi) is 13.0. The second-order valence-corrected chi connectivity index (χ2v) is 10.8. The Labute approximate surface area is 255 Å². The molecule has 0 spiro atoms. The molecule has 0 saturated carbocycles. The van der Waals surface area contributed by atoms with E-state index in [0.717, 1.165) is 18.8 Å². The Hall–Kier alpha value is -2.66. The summed E-state index contributed by atoms with van der Waals surface area (Å²) >= 11 is 0. The molecule has 0 amide bonds. The zero-order chi connectivity index (χ0) is 29.5. The van der Waals surface area contributed by atoms with Gasteiger partial charge < -0.3 is 37.9 Å². The summed E-state index contributed by atoms with van der Waals surface area (Å²) in [6.07, 6.45) is 0.600. The third-order valence-corrected chi connectivity index (χ3v) is 7.27. The molecule has 3 aromatic rings. The third kappa shape index (κ3) is 11.7. The van der Waals surface area contributed by atoms with E-state index in [9.17, 15) is 0 Å². The van der Waals surface area contributed by atoms with Crippen molar-refractivity contribution < 1.29 is 37.9 Å². The molecule has 0 aromatic heterocycles. The number of rotatable bonds is 22. The second-order valence-electron chi connectivity index (χ2n) is 10.8. The number of ether oxygens (including phenoxy) is 8. The van der Waals surface area contributed by atoms with Gasteiger partial charge in [-0.25, -0.2) is 0 Å². The quantitative estimate of drug-likeness (QED) is 0.116. The molecule has 2 atom stereocenters. The van der Waals surface area contributed by atoms with Gasteiger partial charge in [-0.3, -0.25) is 0 Å². The van der Waals surface area contributed by atoms with Crippen LogP contribution in [0.3, 0.4) is 0 Å². The first-order valence-electron chi connectivity index (χ1n) is 15.2. The Balaban J connectivity index is 0.967. The minimum absolute atomic E-state index is 0.300. The number of hydrogen-bond acceptors (Lipinski definition) is 8. The van der Waals surface area contributed by atoms with Crippen molar-refractivity contribution in [1.29, 1.82) is 0 Å². The lowest BCUT2D eigenvalue weighted by atomic mass is 9.97. The first kappa shape index (κ1) is 31.8. The molecular formula is C35H44O8. The molecule has 232 valence electrons. The molecule has 2 saturated heterocycles. The summed E-state index contributed by atoms with van der Waals surface area (Å²) in [5.41, 5.74) is 8.31. The maximum atomic E-state index is 5.82. The third-order valence-electron chi connectivity index (χ3n) is 7.27. The van der Waals surface area contributed by atoms with Crippen LogP contribution in [0.25, 0.3) is 22.3 Å². The van der Waals surface area contributed by atoms with Crippen LogP contribution >= 0.6 is 0 Å². The number of benzene rings is 3. The van der Waals surface area contributed by atoms with E-state index in [1.165, 1.54) is 33.4 Å². The molecular weight excluding hydrogens is 548 g/mol. The van der Waals surface area contributed by atoms with Crippen molar-refractivity contribution in [3.8, 4) is 22.3 Å². The van der Waals surface area contributed by atoms with Gasteiger partial charge in [0.15, 0.2) is 0 Å². The lowest BCUT2D eigenvalue weighted by Gasteiger charge is -2.11. The highest BCUT2D eigenvalue weighted by atomic mass is 16.6. The lowest BCUT2D eigenvalue weighted by Crippen LogP contribution is -2.11. The van der Waals surface area contributed by atoms with Crippen molar-refractivity contribution in [1.82, 2.24) is 0 Å². The average molecular weight is 593 g/mol. The van der Waals surface area contributed by atoms with E-state index in [2.05, 4.69) is 73.7 Å². The fraction of sp³-hybridized carbons (Fsp3) is 0.486. The summed E-state index contributed by atoms with van der Waals surface area (Å²) in [6.45, 7) is 10.8. The molecule has 0 bridgehead atoms. The van der Waals surface area contributed by atoms with Crippen molar-refractivity contribution in [2.24, 2.45) is 0 Å². The highest BCUT2D eigenvalue weighted by Crippen LogP contribution is 2.27. The van der Waals surface area contributed by atoms with Crippen LogP contribution in [-0.2, 0) is 51.1 Å². The monoisotopic (exact) mass is 592 g/mol. The number of hydrogen-bond donors (Lipinski definition) is 0. The van der Waals surface area contributed by atoms with Gasteiger partial charge >= 0.3 is 0 Å². The predicted octanol–water partition coefficient (Wildman–Crippen LogP) is 5.23. The Morgan fingerprint density at radius 3 is 1.44 bits per heavy atom. The van der Waals surface area contributed by atoms with Gasteiger partial charge in [0.2, 0.25) is 0 Å². The summed E-state index contributed by atoms with van der Waals surface area (Å²) < 4.78 is 43.8. The fourth-order valence-corrected chi connectivity index (χ4v) is 4.49. The van der Waals surface area contributed by atoms with Crippen molar-refractivity contribution in [2.75, 3.05) is 79.3 Å². The predicted molar refractivity (Wildman–Crippen MR) is 164 cm³/mol. The van der Waals surface area contributed by atoms with E-state index in [1.54, 1.807) is 0 Å². The van der Waals surface area contributed by atoms with Crippen molar-refractivity contribution in [2.45, 2.75) is 32.3 Å². The van der Waals surface area contributed by atoms with Crippen molar-refractivity contribution >= 4 is 0 Å². The van der Waals surface area contributed by atoms with Gasteiger partial charge in [0.05, 0.1) is 92.5 Å². The van der Waals surface area contributed by atoms with E-state index < -0.39 is 0 Å². The molecule has 2 aliphatic rings. The largest absolute Gasteiger partial charge is 0.377 e. The summed E-state index contributed by atoms with van der Waals surface area (Å²) in [4.78, 5) is 0. The van der Waals surface area contributed by atoms with Gasteiger partial charge in [-0.15, -0.1) is 0 Å². The Bertz CT molecular complexity index is 1210. The van der Waals surface area contributed by atoms with Crippen LogP contribution in [0, 0.1) is 6.92 Å². The second kappa shape index (κ2) is 17.6. The summed E-state index contributed by atoms with van der Waals surface area (Å²) in [7, 11) is 0. The molecule has 5 rings (SSSR count). The van der Waals surface area contributed by atoms with E-state index >= 15 is 0 Å². The van der Waals surface area contributed by atoms with Crippen LogP contribution in [0.2, 0.25) is 0 Å². The first-order chi connectivity index (χ1) is 21.2. The molecule has 2 heterocycles. The number of aryl methyl sites for hydroxylation is 1. The van der Waals surface area contributed by atoms with E-state index in [1.807, 2.05) is 0 Å². The molecule has 2 unspecified atom stereocenters. The van der Waals surface area contributed by atoms with Crippen molar-refractivity contribution in [3.63, 3.8) is 0 Å². The van der Waals surface area contributed by atoms with Gasteiger partial charge in [0.25, 0.3) is 0 Å². The summed E-state index contributed by atoms with van der Waals surface area (Å²) in [6, 6.07) is 23.8. The maximum absolute atomic E-state index is 5.82. The molecule has 2 fully saturated rings. The minimum Gasteiger partial charge on any atom is -0.377 e. The molecule has 43 heavy (non-hydrogen) atoms. The maximum Gasteiger partial charge on any atom is 0.104 e. The van der Waals surface area contributed by atoms with Crippen LogP contribution in [0.4, 0.5) is 0 Å². The normalized spacial score (nSPS) is 17.3. The van der Waals surface area contributed by atoms with Crippen LogP contribution < -0.4 is 0 Å². The average Bonchev–Trinajstić information content (AvgIpc) is 3.97. The van der Waals surface area contributed by atoms with Gasteiger partial charge in [-0.2, -0.15) is 0 Å². The minimum atomic E-state index is 0.300. The summed E-state index contributed by atoms with van der Waals surface area (Å²) in [5.74, 6) is 0. The standard InChI is InChI=1S/C35H44O8/c1-27-20-32(10-11-33(27)22-39-17-13-37-15-19-41-24-35-26-43-35)31-8-6-30(7-9-31)29-4-2-28(3-5-29)21-38-16-12-36-14-18-40-23-34-25-42-34/h2-11,20,34-35H,12-19,21-26H2,1H3. The van der Waals surface area contributed by atoms with Crippen molar-refractivity contribution in [3.05, 3.63) is 83.4 Å². The molecule has 0 N–H and O–H groups in total. The zero-order valence-corrected chi connectivity index (χ0v) is 25.2. The highest BCUT2D eigenvalue weighted by Gasteiger charge is 2.22. The SMILES string of the molecule is Cc1cc(-c2ccc(-c3ccc(COCCOCCOCC4CO4)cc3)cc2)ccc1COCCOCCOCC1CO1. The lowest BCUT2D eigenvalue weighted by molar-refractivity contribution is 0.00813. The Morgan fingerprint density at radius 2 is 0.930 bits per heavy atom. The number of epoxide rings is 2. The van der Waals surface area contributed by atoms with Crippen LogP contribution in [0.5, 0.6) is 0 Å². The van der Waals surface area contributed by atoms with E-state index in [4.69, 9.17) is 37.9 Å². The van der Waals surface area contributed by atoms with Gasteiger partial charge in [0.1, 0.15) is 12.2 Å². The molecule has 8 nitrogen and oxygen atoms in total. The van der Waals surface area contributed by atoms with E-state index in [0.29, 0.717) is 91.5 Å². The molecule has 0 radical (unpaired) electrons. The molecule has 3 aromatic carbocycles. The first-order valence-corrected chi connectivity index (χ1v) is 15.2. The smallest absolute Gasteiger partial charge is 0.104 e. The fourth-order valence-electron chi connectivity index (χ4n) is 4.49. The highest BCUT2D eigenvalue weighted by molar-refractivity contribution is 5.71. The van der Waals surface area contributed by atoms with Crippen LogP contribution in [0.15, 0.2) is 66.7 Å². The molecule has 0 aliphatic carbocycles. The van der Waals surface area contributed by atoms with Gasteiger partial charge in [-0.1, -0.05) is 66.7 Å². The van der Waals surface area contributed by atoms with Gasteiger partial charge in [-0.05, 0) is 45.9 Å². The van der Waals surface area contributed by atoms with Crippen LogP contribution in [-0.4, -0.2) is 91.5 Å². The summed E-state index contributed by atoms with van der Waals surface area (Å²) in [5, 5.41) is 0. The van der Waals surface area contributed by atoms with Crippen LogP contribution in [0.1, 0.15) is 16.7 Å². The Morgan fingerprint density at radius 1 is 0.512 bits per heavy atom. The van der Waals surface area contributed by atoms with E-state index in [-0.39, 0.29) is 0 Å². The molecule has 8 heteroatoms. The van der Waals surface area contributed by atoms with Gasteiger partial charge in [0, 0.05) is 0 Å². The topological polar surface area (TPSA) is 80.4 Å². The molecule has 2 aliphatic heterocycles.